The first-order valence-electron chi connectivity index (χ1n) is 5.64. The maximum atomic E-state index is 5.79. The molecule has 98 valence electrons. The van der Waals surface area contributed by atoms with Crippen molar-refractivity contribution in [2.45, 2.75) is 38.8 Å². The summed E-state index contributed by atoms with van der Waals surface area (Å²) in [5.41, 5.74) is 1.11. The topological polar surface area (TPSA) is 34.1 Å². The Hall–Kier alpha value is -0.510. The summed E-state index contributed by atoms with van der Waals surface area (Å²) >= 11 is 0. The van der Waals surface area contributed by atoms with Gasteiger partial charge in [-0.15, -0.1) is 24.8 Å². The molecular formula is C12H20Cl2N2O. The third kappa shape index (κ3) is 4.34. The van der Waals surface area contributed by atoms with E-state index in [0.29, 0.717) is 6.04 Å². The van der Waals surface area contributed by atoms with Crippen molar-refractivity contribution in [3.63, 3.8) is 0 Å². The zero-order valence-electron chi connectivity index (χ0n) is 10.2. The average Bonchev–Trinajstić information content (AvgIpc) is 2.16. The Labute approximate surface area is 115 Å². The molecule has 2 heterocycles. The van der Waals surface area contributed by atoms with Gasteiger partial charge in [0.2, 0.25) is 0 Å². The Morgan fingerprint density at radius 3 is 2.59 bits per heavy atom. The molecule has 0 spiro atoms. The highest BCUT2D eigenvalue weighted by molar-refractivity contribution is 5.85. The Bertz CT molecular complexity index is 315. The molecule has 1 fully saturated rings. The van der Waals surface area contributed by atoms with Crippen LogP contribution in [0, 0.1) is 0 Å². The number of aromatic nitrogens is 1. The van der Waals surface area contributed by atoms with E-state index in [2.05, 4.69) is 24.1 Å². The largest absolute Gasteiger partial charge is 0.487 e. The van der Waals surface area contributed by atoms with Gasteiger partial charge in [-0.1, -0.05) is 6.92 Å². The normalized spacial score (nSPS) is 19.3. The molecule has 17 heavy (non-hydrogen) atoms. The second-order valence-corrected chi connectivity index (χ2v) is 4.01. The van der Waals surface area contributed by atoms with Gasteiger partial charge in [0.05, 0.1) is 6.20 Å². The molecule has 5 heteroatoms. The van der Waals surface area contributed by atoms with E-state index in [0.717, 1.165) is 24.4 Å². The first kappa shape index (κ1) is 16.5. The molecule has 1 N–H and O–H groups in total. The van der Waals surface area contributed by atoms with Gasteiger partial charge < -0.3 is 10.1 Å². The van der Waals surface area contributed by atoms with E-state index in [-0.39, 0.29) is 30.9 Å². The lowest BCUT2D eigenvalue weighted by Crippen LogP contribution is -2.51. The molecule has 0 bridgehead atoms. The minimum Gasteiger partial charge on any atom is -0.487 e. The van der Waals surface area contributed by atoms with Crippen molar-refractivity contribution in [3.8, 4) is 5.75 Å². The average molecular weight is 279 g/mol. The lowest BCUT2D eigenvalue weighted by molar-refractivity contribution is 0.133. The Kier molecular flexibility index (Phi) is 7.51. The van der Waals surface area contributed by atoms with E-state index in [1.165, 1.54) is 6.42 Å². The predicted octanol–water partition coefficient (Wildman–Crippen LogP) is 2.62. The Balaban J connectivity index is 0.00000128. The summed E-state index contributed by atoms with van der Waals surface area (Å²) in [4.78, 5) is 4.31. The second-order valence-electron chi connectivity index (χ2n) is 4.01. The summed E-state index contributed by atoms with van der Waals surface area (Å²) in [5.74, 6) is 0.869. The number of pyridine rings is 1. The molecule has 1 aliphatic rings. The van der Waals surface area contributed by atoms with Crippen LogP contribution in [-0.2, 0) is 6.42 Å². The van der Waals surface area contributed by atoms with Crippen molar-refractivity contribution in [2.75, 3.05) is 6.54 Å². The molecule has 1 unspecified atom stereocenters. The van der Waals surface area contributed by atoms with E-state index in [1.807, 2.05) is 18.3 Å². The van der Waals surface area contributed by atoms with Gasteiger partial charge in [0.1, 0.15) is 11.9 Å². The van der Waals surface area contributed by atoms with Crippen molar-refractivity contribution < 1.29 is 4.74 Å². The van der Waals surface area contributed by atoms with Gasteiger partial charge in [0.15, 0.2) is 0 Å². The zero-order valence-corrected chi connectivity index (χ0v) is 11.8. The standard InChI is InChI=1S/C12H18N2O.2ClH/c1-3-10-4-5-11(8-14-10)15-9(2)12-6-7-13-12;;/h4-5,8-9,12-13H,3,6-7H2,1-2H3;2*1H/t9?,12-;;/m0../s1. The SMILES string of the molecule is CCc1ccc(OC(C)[C@@H]2CCN2)cn1.Cl.Cl. The van der Waals surface area contributed by atoms with E-state index in [4.69, 9.17) is 4.74 Å². The van der Waals surface area contributed by atoms with Crippen LogP contribution in [0.2, 0.25) is 0 Å². The van der Waals surface area contributed by atoms with Crippen molar-refractivity contribution in [2.24, 2.45) is 0 Å². The predicted molar refractivity (Wildman–Crippen MR) is 74.6 cm³/mol. The molecule has 3 nitrogen and oxygen atoms in total. The molecule has 0 aromatic carbocycles. The van der Waals surface area contributed by atoms with Gasteiger partial charge in [-0.3, -0.25) is 4.98 Å². The fourth-order valence-corrected chi connectivity index (χ4v) is 1.70. The maximum Gasteiger partial charge on any atom is 0.138 e. The minimum atomic E-state index is 0. The fourth-order valence-electron chi connectivity index (χ4n) is 1.70. The quantitative estimate of drug-likeness (QED) is 0.920. The van der Waals surface area contributed by atoms with Crippen LogP contribution >= 0.6 is 24.8 Å². The first-order chi connectivity index (χ1) is 7.29. The molecule has 1 aromatic heterocycles. The molecule has 0 saturated carbocycles. The molecular weight excluding hydrogens is 259 g/mol. The molecule has 0 aliphatic carbocycles. The van der Waals surface area contributed by atoms with Crippen LogP contribution in [0.5, 0.6) is 5.75 Å². The van der Waals surface area contributed by atoms with Crippen LogP contribution in [0.25, 0.3) is 0 Å². The van der Waals surface area contributed by atoms with Gasteiger partial charge in [-0.25, -0.2) is 0 Å². The van der Waals surface area contributed by atoms with Gasteiger partial charge in [-0.2, -0.15) is 0 Å². The monoisotopic (exact) mass is 278 g/mol. The third-order valence-corrected chi connectivity index (χ3v) is 2.91. The fraction of sp³-hybridized carbons (Fsp3) is 0.583. The smallest absolute Gasteiger partial charge is 0.138 e. The number of halogens is 2. The number of rotatable bonds is 4. The van der Waals surface area contributed by atoms with Crippen molar-refractivity contribution >= 4 is 24.8 Å². The Morgan fingerprint density at radius 2 is 2.18 bits per heavy atom. The molecule has 1 saturated heterocycles. The second kappa shape index (κ2) is 7.75. The number of hydrogen-bond donors (Lipinski definition) is 1. The zero-order chi connectivity index (χ0) is 10.7. The molecule has 0 amide bonds. The van der Waals surface area contributed by atoms with E-state index >= 15 is 0 Å². The molecule has 0 radical (unpaired) electrons. The number of nitrogens with one attached hydrogen (secondary N) is 1. The van der Waals surface area contributed by atoms with Crippen molar-refractivity contribution in [3.05, 3.63) is 24.0 Å². The van der Waals surface area contributed by atoms with E-state index in [9.17, 15) is 0 Å². The highest BCUT2D eigenvalue weighted by Gasteiger charge is 2.24. The lowest BCUT2D eigenvalue weighted by atomic mass is 10.0. The molecule has 2 rings (SSSR count). The highest BCUT2D eigenvalue weighted by atomic mass is 35.5. The highest BCUT2D eigenvalue weighted by Crippen LogP contribution is 2.16. The van der Waals surface area contributed by atoms with Gasteiger partial charge in [0, 0.05) is 11.7 Å². The Morgan fingerprint density at radius 1 is 1.47 bits per heavy atom. The molecule has 1 aliphatic heterocycles. The van der Waals surface area contributed by atoms with Crippen LogP contribution < -0.4 is 10.1 Å². The summed E-state index contributed by atoms with van der Waals surface area (Å²) < 4.78 is 5.79. The van der Waals surface area contributed by atoms with Crippen LogP contribution in [0.1, 0.15) is 26.0 Å². The summed E-state index contributed by atoms with van der Waals surface area (Å²) in [6.45, 7) is 5.32. The van der Waals surface area contributed by atoms with Crippen LogP contribution in [0.15, 0.2) is 18.3 Å². The van der Waals surface area contributed by atoms with Gasteiger partial charge in [-0.05, 0) is 38.4 Å². The van der Waals surface area contributed by atoms with Crippen molar-refractivity contribution in [1.82, 2.24) is 10.3 Å². The summed E-state index contributed by atoms with van der Waals surface area (Å²) in [6.07, 6.45) is 4.23. The van der Waals surface area contributed by atoms with E-state index < -0.39 is 0 Å². The number of nitrogens with zero attached hydrogens (tertiary/aromatic N) is 1. The van der Waals surface area contributed by atoms with Gasteiger partial charge in [0.25, 0.3) is 0 Å². The number of hydrogen-bond acceptors (Lipinski definition) is 3. The van der Waals surface area contributed by atoms with Crippen LogP contribution in [0.4, 0.5) is 0 Å². The van der Waals surface area contributed by atoms with E-state index in [1.54, 1.807) is 0 Å². The van der Waals surface area contributed by atoms with Crippen molar-refractivity contribution in [1.29, 1.82) is 0 Å². The first-order valence-corrected chi connectivity index (χ1v) is 5.64. The number of ether oxygens (including phenoxy) is 1. The summed E-state index contributed by atoms with van der Waals surface area (Å²) in [7, 11) is 0. The van der Waals surface area contributed by atoms with Gasteiger partial charge >= 0.3 is 0 Å². The number of aryl methyl sites for hydroxylation is 1. The molecule has 1 aromatic rings. The third-order valence-electron chi connectivity index (χ3n) is 2.91. The van der Waals surface area contributed by atoms with Crippen LogP contribution in [-0.4, -0.2) is 23.7 Å². The summed E-state index contributed by atoms with van der Waals surface area (Å²) in [5, 5.41) is 3.34. The van der Waals surface area contributed by atoms with Crippen LogP contribution in [0.3, 0.4) is 0 Å². The molecule has 2 atom stereocenters. The summed E-state index contributed by atoms with van der Waals surface area (Å²) in [6, 6.07) is 4.54. The maximum absolute atomic E-state index is 5.79. The lowest BCUT2D eigenvalue weighted by Gasteiger charge is -2.33. The minimum absolute atomic E-state index is 0.